The van der Waals surface area contributed by atoms with Gasteiger partial charge in [-0.2, -0.15) is 13.2 Å². The van der Waals surface area contributed by atoms with Crippen LogP contribution >= 0.6 is 0 Å². The lowest BCUT2D eigenvalue weighted by Gasteiger charge is -2.20. The van der Waals surface area contributed by atoms with E-state index >= 15 is 0 Å². The quantitative estimate of drug-likeness (QED) is 0.352. The predicted molar refractivity (Wildman–Crippen MR) is 137 cm³/mol. The van der Waals surface area contributed by atoms with Gasteiger partial charge in [-0.3, -0.25) is 9.59 Å². The van der Waals surface area contributed by atoms with Crippen LogP contribution in [-0.4, -0.2) is 27.4 Å². The molecule has 5 N–H and O–H groups in total. The highest BCUT2D eigenvalue weighted by Crippen LogP contribution is 2.77. The summed E-state index contributed by atoms with van der Waals surface area (Å²) in [5.41, 5.74) is 5.41. The van der Waals surface area contributed by atoms with Crippen LogP contribution in [0.3, 0.4) is 0 Å². The van der Waals surface area contributed by atoms with Crippen LogP contribution in [0.5, 0.6) is 17.2 Å². The lowest BCUT2D eigenvalue weighted by molar-refractivity contribution is -0.137. The molecule has 206 valence electrons. The first-order valence-corrected chi connectivity index (χ1v) is 13.1. The molecular weight excluding hydrogens is 525 g/mol. The van der Waals surface area contributed by atoms with Crippen molar-refractivity contribution in [3.8, 4) is 17.2 Å². The average molecular weight is 551 g/mol. The number of hydrogen-bond acceptors (Lipinski definition) is 6. The number of fused-ring (bicyclic) bond motifs is 2. The Hall–Kier alpha value is -4.12. The standard InChI is InChI=1S/C29H25F3N4O4/c30-29(31,32)16-10-14(9-15(11-16)27(33)6-7-27)26(39)36-28-13-20(28)24(28)19-12-17(1-3-21(19)37)40-22-5-8-34-25-18(22)2-4-23(38)35-25/h1,3,5,8-12,20,24,37H,2,4,6-7,13,33H2,(H,36,39)(H,34,35,38)/t20-,24+,28-/m0/s1. The molecule has 2 amide bonds. The molecule has 11 heteroatoms. The molecule has 0 bridgehead atoms. The number of carbonyl (C=O) groups is 2. The second-order valence-electron chi connectivity index (χ2n) is 11.2. The van der Waals surface area contributed by atoms with Crippen molar-refractivity contribution >= 4 is 17.6 Å². The zero-order valence-corrected chi connectivity index (χ0v) is 21.1. The summed E-state index contributed by atoms with van der Waals surface area (Å²) in [5.74, 6) is 0.668. The largest absolute Gasteiger partial charge is 0.508 e. The van der Waals surface area contributed by atoms with E-state index in [1.54, 1.807) is 18.2 Å². The topological polar surface area (TPSA) is 127 Å². The summed E-state index contributed by atoms with van der Waals surface area (Å²) >= 11 is 0. The number of carbonyl (C=O) groups excluding carboxylic acids is 2. The van der Waals surface area contributed by atoms with E-state index in [0.29, 0.717) is 60.5 Å². The van der Waals surface area contributed by atoms with Crippen molar-refractivity contribution in [3.05, 3.63) is 76.5 Å². The monoisotopic (exact) mass is 550 g/mol. The molecule has 0 saturated heterocycles. The number of alkyl halides is 3. The average Bonchev–Trinajstić information content (AvgIpc) is 3.85. The molecule has 3 aliphatic carbocycles. The molecule has 3 atom stereocenters. The number of phenolic OH excluding ortho intramolecular Hbond substituents is 1. The molecule has 1 aliphatic heterocycles. The van der Waals surface area contributed by atoms with Crippen LogP contribution in [0, 0.1) is 5.92 Å². The summed E-state index contributed by atoms with van der Waals surface area (Å²) in [6, 6.07) is 9.89. The number of amides is 2. The highest BCUT2D eigenvalue weighted by atomic mass is 19.4. The first kappa shape index (κ1) is 24.9. The molecule has 4 aliphatic rings. The molecule has 40 heavy (non-hydrogen) atoms. The predicted octanol–water partition coefficient (Wildman–Crippen LogP) is 4.72. The van der Waals surface area contributed by atoms with E-state index in [1.165, 1.54) is 18.3 Å². The molecule has 0 spiro atoms. The van der Waals surface area contributed by atoms with E-state index in [9.17, 15) is 27.9 Å². The molecule has 0 unspecified atom stereocenters. The molecule has 3 fully saturated rings. The van der Waals surface area contributed by atoms with Gasteiger partial charge in [0, 0.05) is 40.8 Å². The van der Waals surface area contributed by atoms with Crippen LogP contribution in [0.2, 0.25) is 0 Å². The summed E-state index contributed by atoms with van der Waals surface area (Å²) in [6.45, 7) is 0. The summed E-state index contributed by atoms with van der Waals surface area (Å²) in [6.07, 6.45) is -0.464. The van der Waals surface area contributed by atoms with Gasteiger partial charge in [0.15, 0.2) is 0 Å². The van der Waals surface area contributed by atoms with Crippen LogP contribution in [0.4, 0.5) is 19.0 Å². The second-order valence-corrected chi connectivity index (χ2v) is 11.2. The number of rotatable bonds is 6. The number of pyridine rings is 1. The van der Waals surface area contributed by atoms with E-state index < -0.39 is 28.7 Å². The van der Waals surface area contributed by atoms with Gasteiger partial charge in [0.05, 0.1) is 11.1 Å². The molecule has 3 aromatic rings. The maximum absolute atomic E-state index is 13.6. The minimum Gasteiger partial charge on any atom is -0.508 e. The van der Waals surface area contributed by atoms with Crippen LogP contribution in [-0.2, 0) is 22.9 Å². The Labute approximate surface area is 226 Å². The number of hydrogen-bond donors (Lipinski definition) is 4. The molecule has 3 saturated carbocycles. The lowest BCUT2D eigenvalue weighted by Crippen LogP contribution is -2.33. The molecule has 1 aromatic heterocycles. The summed E-state index contributed by atoms with van der Waals surface area (Å²) in [5, 5.41) is 16.3. The third-order valence-electron chi connectivity index (χ3n) is 8.57. The molecule has 2 aromatic carbocycles. The highest BCUT2D eigenvalue weighted by Gasteiger charge is 2.80. The number of aromatic hydroxyl groups is 1. The van der Waals surface area contributed by atoms with Crippen molar-refractivity contribution < 1.29 is 32.6 Å². The Balaban J connectivity index is 1.12. The number of phenols is 1. The fraction of sp³-hybridized carbons (Fsp3) is 0.345. The Morgan fingerprint density at radius 1 is 1.15 bits per heavy atom. The minimum absolute atomic E-state index is 0.0438. The molecule has 7 rings (SSSR count). The summed E-state index contributed by atoms with van der Waals surface area (Å²) in [4.78, 5) is 29.1. The maximum Gasteiger partial charge on any atom is 0.416 e. The van der Waals surface area contributed by atoms with Crippen LogP contribution in [0.25, 0.3) is 0 Å². The Bertz CT molecular complexity index is 1580. The Kier molecular flexibility index (Phi) is 5.10. The molecule has 0 radical (unpaired) electrons. The fourth-order valence-corrected chi connectivity index (χ4v) is 5.87. The summed E-state index contributed by atoms with van der Waals surface area (Å²) in [7, 11) is 0. The summed E-state index contributed by atoms with van der Waals surface area (Å²) < 4.78 is 46.8. The Morgan fingerprint density at radius 3 is 2.67 bits per heavy atom. The second kappa shape index (κ2) is 8.20. The smallest absolute Gasteiger partial charge is 0.416 e. The van der Waals surface area contributed by atoms with E-state index in [1.807, 2.05) is 0 Å². The van der Waals surface area contributed by atoms with Gasteiger partial charge in [0.1, 0.15) is 23.1 Å². The van der Waals surface area contributed by atoms with Crippen molar-refractivity contribution in [3.63, 3.8) is 0 Å². The first-order valence-electron chi connectivity index (χ1n) is 13.1. The number of nitrogens with one attached hydrogen (secondary N) is 2. The first-order chi connectivity index (χ1) is 19.0. The number of ether oxygens (including phenoxy) is 1. The number of halogens is 3. The third-order valence-corrected chi connectivity index (χ3v) is 8.57. The van der Waals surface area contributed by atoms with Crippen molar-refractivity contribution in [1.29, 1.82) is 0 Å². The zero-order valence-electron chi connectivity index (χ0n) is 21.1. The SMILES string of the molecule is NC1(c2cc(C(=O)N[C@@]34C[C@H]3[C@H]4c3cc(Oc4ccnc5c4CCC(=O)N5)ccc3O)cc(C(F)(F)F)c2)CC1. The van der Waals surface area contributed by atoms with Crippen molar-refractivity contribution in [2.24, 2.45) is 11.7 Å². The van der Waals surface area contributed by atoms with E-state index in [-0.39, 0.29) is 29.1 Å². The Morgan fingerprint density at radius 2 is 1.95 bits per heavy atom. The number of benzene rings is 2. The highest BCUT2D eigenvalue weighted by molar-refractivity contribution is 5.96. The number of anilines is 1. The van der Waals surface area contributed by atoms with Crippen LogP contribution < -0.4 is 21.1 Å². The van der Waals surface area contributed by atoms with Crippen molar-refractivity contribution in [1.82, 2.24) is 10.3 Å². The lowest BCUT2D eigenvalue weighted by atomic mass is 9.97. The number of aromatic nitrogens is 1. The molecule has 8 nitrogen and oxygen atoms in total. The van der Waals surface area contributed by atoms with E-state index in [2.05, 4.69) is 15.6 Å². The van der Waals surface area contributed by atoms with Gasteiger partial charge < -0.3 is 26.2 Å². The van der Waals surface area contributed by atoms with Gasteiger partial charge in [-0.1, -0.05) is 0 Å². The third kappa shape index (κ3) is 4.07. The zero-order chi connectivity index (χ0) is 28.0. The van der Waals surface area contributed by atoms with Crippen LogP contribution in [0.1, 0.15) is 64.2 Å². The van der Waals surface area contributed by atoms with Gasteiger partial charge in [0.2, 0.25) is 5.91 Å². The van der Waals surface area contributed by atoms with E-state index in [0.717, 1.165) is 17.7 Å². The van der Waals surface area contributed by atoms with Gasteiger partial charge in [0.25, 0.3) is 5.91 Å². The number of nitrogens with two attached hydrogens (primary N) is 1. The van der Waals surface area contributed by atoms with Crippen molar-refractivity contribution in [2.45, 2.75) is 55.3 Å². The van der Waals surface area contributed by atoms with Gasteiger partial charge in [-0.15, -0.1) is 0 Å². The van der Waals surface area contributed by atoms with Crippen LogP contribution in [0.15, 0.2) is 48.7 Å². The van der Waals surface area contributed by atoms with Gasteiger partial charge >= 0.3 is 6.18 Å². The normalized spacial score (nSPS) is 25.2. The maximum atomic E-state index is 13.6. The van der Waals surface area contributed by atoms with Gasteiger partial charge in [-0.25, -0.2) is 4.98 Å². The van der Waals surface area contributed by atoms with Crippen molar-refractivity contribution in [2.75, 3.05) is 5.32 Å². The minimum atomic E-state index is -4.61. The molecule has 2 heterocycles. The molecular formula is C29H25F3N4O4. The van der Waals surface area contributed by atoms with E-state index in [4.69, 9.17) is 10.5 Å². The van der Waals surface area contributed by atoms with Gasteiger partial charge in [-0.05, 0) is 79.6 Å². The number of nitrogens with zero attached hydrogens (tertiary/aromatic N) is 1. The fourth-order valence-electron chi connectivity index (χ4n) is 5.87.